The van der Waals surface area contributed by atoms with E-state index in [1.54, 1.807) is 0 Å². The molecule has 114 valence electrons. The summed E-state index contributed by atoms with van der Waals surface area (Å²) in [6.45, 7) is 1.49. The van der Waals surface area contributed by atoms with Gasteiger partial charge in [0.05, 0.1) is 11.0 Å². The highest BCUT2D eigenvalue weighted by Crippen LogP contribution is 2.25. The zero-order chi connectivity index (χ0) is 16.0. The van der Waals surface area contributed by atoms with Gasteiger partial charge in [0.25, 0.3) is 5.69 Å². The predicted molar refractivity (Wildman–Crippen MR) is 72.8 cm³/mol. The summed E-state index contributed by atoms with van der Waals surface area (Å²) in [6, 6.07) is 3.41. The predicted octanol–water partition coefficient (Wildman–Crippen LogP) is 0.328. The Morgan fingerprint density at radius 1 is 1.48 bits per heavy atom. The van der Waals surface area contributed by atoms with E-state index in [1.165, 1.54) is 13.0 Å². The number of benzene rings is 1. The molecule has 8 heteroatoms. The van der Waals surface area contributed by atoms with Crippen molar-refractivity contribution in [1.29, 1.82) is 0 Å². The second-order valence-electron chi connectivity index (χ2n) is 4.47. The molecule has 1 aromatic rings. The second-order valence-corrected chi connectivity index (χ2v) is 4.47. The van der Waals surface area contributed by atoms with Crippen molar-refractivity contribution in [2.75, 3.05) is 6.54 Å². The minimum Gasteiger partial charge on any atom is -0.390 e. The number of aliphatic hydroxyl groups excluding tert-OH is 2. The number of aliphatic hydroxyl groups is 2. The summed E-state index contributed by atoms with van der Waals surface area (Å²) < 4.78 is 0. The van der Waals surface area contributed by atoms with Crippen LogP contribution in [0.25, 0.3) is 0 Å². The van der Waals surface area contributed by atoms with Crippen LogP contribution in [-0.4, -0.2) is 40.0 Å². The van der Waals surface area contributed by atoms with Gasteiger partial charge in [0.1, 0.15) is 6.10 Å². The van der Waals surface area contributed by atoms with Crippen molar-refractivity contribution >= 4 is 17.9 Å². The minimum absolute atomic E-state index is 0.0599. The van der Waals surface area contributed by atoms with E-state index in [1.807, 2.05) is 0 Å². The maximum atomic E-state index is 11.0. The van der Waals surface area contributed by atoms with E-state index in [4.69, 9.17) is 0 Å². The van der Waals surface area contributed by atoms with Gasteiger partial charge in [-0.15, -0.1) is 0 Å². The first kappa shape index (κ1) is 16.7. The number of nitrogens with one attached hydrogen (secondary N) is 1. The molecule has 21 heavy (non-hydrogen) atoms. The molecule has 1 rings (SSSR count). The molecule has 0 heterocycles. The van der Waals surface area contributed by atoms with Gasteiger partial charge in [0, 0.05) is 31.2 Å². The number of aldehydes is 1. The summed E-state index contributed by atoms with van der Waals surface area (Å²) >= 11 is 0. The summed E-state index contributed by atoms with van der Waals surface area (Å²) in [5, 5.41) is 32.9. The summed E-state index contributed by atoms with van der Waals surface area (Å²) in [5.74, 6) is -0.263. The van der Waals surface area contributed by atoms with Gasteiger partial charge in [0.15, 0.2) is 6.29 Å². The summed E-state index contributed by atoms with van der Waals surface area (Å²) in [4.78, 5) is 31.6. The number of nitro groups is 1. The van der Waals surface area contributed by atoms with Gasteiger partial charge < -0.3 is 15.5 Å². The van der Waals surface area contributed by atoms with E-state index in [2.05, 4.69) is 5.32 Å². The monoisotopic (exact) mass is 296 g/mol. The number of hydrogen-bond donors (Lipinski definition) is 3. The van der Waals surface area contributed by atoms with E-state index in [0.717, 1.165) is 12.1 Å². The van der Waals surface area contributed by atoms with Crippen LogP contribution in [0.1, 0.15) is 35.4 Å². The molecule has 3 N–H and O–H groups in total. The highest BCUT2D eigenvalue weighted by atomic mass is 16.6. The van der Waals surface area contributed by atoms with Gasteiger partial charge in [-0.3, -0.25) is 19.7 Å². The summed E-state index contributed by atoms with van der Waals surface area (Å²) in [5.41, 5.74) is -0.234. The number of non-ortho nitro benzene ring substituents is 1. The lowest BCUT2D eigenvalue weighted by Crippen LogP contribution is -2.28. The fourth-order valence-electron chi connectivity index (χ4n) is 1.81. The molecule has 2 atom stereocenters. The Morgan fingerprint density at radius 2 is 2.14 bits per heavy atom. The molecule has 1 amide bonds. The van der Waals surface area contributed by atoms with E-state index in [0.29, 0.717) is 6.29 Å². The Balaban J connectivity index is 2.85. The van der Waals surface area contributed by atoms with Gasteiger partial charge in [-0.05, 0) is 18.1 Å². The number of nitrogens with zero attached hydrogens (tertiary/aromatic N) is 1. The molecule has 0 aromatic heterocycles. The molecule has 0 saturated carbocycles. The lowest BCUT2D eigenvalue weighted by atomic mass is 9.97. The molecule has 0 aliphatic carbocycles. The molecular weight excluding hydrogens is 280 g/mol. The van der Waals surface area contributed by atoms with Crippen molar-refractivity contribution in [1.82, 2.24) is 5.32 Å². The molecule has 1 aromatic carbocycles. The normalized spacial score (nSPS) is 13.3. The SMILES string of the molecule is CC(=O)NCCC(O)C(O)c1ccc([N+](=O)[O-])cc1C=O. The van der Waals surface area contributed by atoms with Crippen molar-refractivity contribution in [2.24, 2.45) is 0 Å². The molecule has 0 spiro atoms. The molecular formula is C13H16N2O6. The molecule has 8 nitrogen and oxygen atoms in total. The Hall–Kier alpha value is -2.32. The minimum atomic E-state index is -1.38. The molecule has 0 saturated heterocycles. The largest absolute Gasteiger partial charge is 0.390 e. The maximum absolute atomic E-state index is 11.0. The third-order valence-electron chi connectivity index (χ3n) is 2.91. The Morgan fingerprint density at radius 3 is 2.67 bits per heavy atom. The second kappa shape index (κ2) is 7.46. The Labute approximate surface area is 120 Å². The van der Waals surface area contributed by atoms with Crippen molar-refractivity contribution in [3.05, 3.63) is 39.4 Å². The number of carbonyl (C=O) groups is 2. The van der Waals surface area contributed by atoms with Crippen LogP contribution in [0, 0.1) is 10.1 Å². The third-order valence-corrected chi connectivity index (χ3v) is 2.91. The van der Waals surface area contributed by atoms with Crippen LogP contribution in [-0.2, 0) is 4.79 Å². The number of amides is 1. The topological polar surface area (TPSA) is 130 Å². The zero-order valence-corrected chi connectivity index (χ0v) is 11.4. The molecule has 0 fully saturated rings. The van der Waals surface area contributed by atoms with Crippen LogP contribution < -0.4 is 5.32 Å². The van der Waals surface area contributed by atoms with Crippen LogP contribution in [0.5, 0.6) is 0 Å². The van der Waals surface area contributed by atoms with Crippen LogP contribution in [0.2, 0.25) is 0 Å². The van der Waals surface area contributed by atoms with E-state index < -0.39 is 17.1 Å². The number of rotatable bonds is 7. The fraction of sp³-hybridized carbons (Fsp3) is 0.385. The quantitative estimate of drug-likeness (QED) is 0.377. The highest BCUT2D eigenvalue weighted by molar-refractivity contribution is 5.79. The standard InChI is InChI=1S/C13H16N2O6/c1-8(17)14-5-4-12(18)13(19)11-3-2-10(15(20)21)6-9(11)7-16/h2-3,6-7,12-13,18-19H,4-5H2,1H3,(H,14,17). The van der Waals surface area contributed by atoms with Crippen LogP contribution in [0.15, 0.2) is 18.2 Å². The molecule has 0 aliphatic heterocycles. The smallest absolute Gasteiger partial charge is 0.270 e. The summed E-state index contributed by atoms with van der Waals surface area (Å²) in [7, 11) is 0. The van der Waals surface area contributed by atoms with Gasteiger partial charge in [0.2, 0.25) is 5.91 Å². The highest BCUT2D eigenvalue weighted by Gasteiger charge is 2.22. The van der Waals surface area contributed by atoms with E-state index in [9.17, 15) is 29.9 Å². The first-order valence-electron chi connectivity index (χ1n) is 6.21. The fourth-order valence-corrected chi connectivity index (χ4v) is 1.81. The Bertz CT molecular complexity index is 545. The summed E-state index contributed by atoms with van der Waals surface area (Å²) in [6.07, 6.45) is -2.13. The van der Waals surface area contributed by atoms with Crippen LogP contribution in [0.4, 0.5) is 5.69 Å². The van der Waals surface area contributed by atoms with Gasteiger partial charge in [-0.1, -0.05) is 0 Å². The lowest BCUT2D eigenvalue weighted by molar-refractivity contribution is -0.384. The molecule has 0 radical (unpaired) electrons. The van der Waals surface area contributed by atoms with Crippen molar-refractivity contribution in [3.8, 4) is 0 Å². The molecule has 2 unspecified atom stereocenters. The third kappa shape index (κ3) is 4.62. The molecule has 0 aliphatic rings. The van der Waals surface area contributed by atoms with Gasteiger partial charge >= 0.3 is 0 Å². The van der Waals surface area contributed by atoms with Crippen molar-refractivity contribution in [3.63, 3.8) is 0 Å². The van der Waals surface area contributed by atoms with E-state index >= 15 is 0 Å². The van der Waals surface area contributed by atoms with Crippen molar-refractivity contribution in [2.45, 2.75) is 25.6 Å². The average Bonchev–Trinajstić information content (AvgIpc) is 2.45. The van der Waals surface area contributed by atoms with Gasteiger partial charge in [-0.25, -0.2) is 0 Å². The first-order chi connectivity index (χ1) is 9.86. The number of carbonyl (C=O) groups excluding carboxylic acids is 2. The average molecular weight is 296 g/mol. The van der Waals surface area contributed by atoms with Gasteiger partial charge in [-0.2, -0.15) is 0 Å². The molecule has 0 bridgehead atoms. The lowest BCUT2D eigenvalue weighted by Gasteiger charge is -2.19. The van der Waals surface area contributed by atoms with Crippen LogP contribution >= 0.6 is 0 Å². The number of hydrogen-bond acceptors (Lipinski definition) is 6. The van der Waals surface area contributed by atoms with E-state index in [-0.39, 0.29) is 35.7 Å². The van der Waals surface area contributed by atoms with Crippen LogP contribution in [0.3, 0.4) is 0 Å². The maximum Gasteiger partial charge on any atom is 0.270 e. The number of nitro benzene ring substituents is 1. The Kier molecular flexibility index (Phi) is 5.94. The first-order valence-corrected chi connectivity index (χ1v) is 6.21. The van der Waals surface area contributed by atoms with Crippen molar-refractivity contribution < 1.29 is 24.7 Å². The zero-order valence-electron chi connectivity index (χ0n) is 11.4.